The van der Waals surface area contributed by atoms with Crippen LogP contribution in [-0.2, 0) is 27.1 Å². The maximum absolute atomic E-state index is 6.82. The second-order valence-corrected chi connectivity index (χ2v) is 24.5. The Morgan fingerprint density at radius 3 is 1.98 bits per heavy atom. The van der Waals surface area contributed by atoms with Crippen molar-refractivity contribution < 1.29 is 4.42 Å². The molecule has 0 spiro atoms. The van der Waals surface area contributed by atoms with Gasteiger partial charge in [-0.2, -0.15) is 0 Å². The van der Waals surface area contributed by atoms with Crippen molar-refractivity contribution in [2.24, 2.45) is 0 Å². The van der Waals surface area contributed by atoms with Crippen molar-refractivity contribution in [2.75, 3.05) is 4.81 Å². The molecular formula is C62H61BN2O. The van der Waals surface area contributed by atoms with Crippen LogP contribution in [0.25, 0.3) is 71.7 Å². The van der Waals surface area contributed by atoms with Crippen molar-refractivity contribution in [2.45, 2.75) is 130 Å². The summed E-state index contributed by atoms with van der Waals surface area (Å²) in [5.74, 6) is 0. The first kappa shape index (κ1) is 40.3. The van der Waals surface area contributed by atoms with E-state index in [1.54, 1.807) is 0 Å². The monoisotopic (exact) mass is 860 g/mol. The molecule has 0 bridgehead atoms. The molecule has 4 heteroatoms. The number of anilines is 2. The van der Waals surface area contributed by atoms with Gasteiger partial charge in [-0.15, -0.1) is 0 Å². The van der Waals surface area contributed by atoms with Crippen LogP contribution in [0.3, 0.4) is 0 Å². The lowest BCUT2D eigenvalue weighted by Gasteiger charge is -2.46. The first-order chi connectivity index (χ1) is 31.2. The normalized spacial score (nSPS) is 17.3. The molecule has 0 N–H and O–H groups in total. The molecule has 13 rings (SSSR count). The third-order valence-corrected chi connectivity index (χ3v) is 17.0. The number of para-hydroxylation sites is 1. The summed E-state index contributed by atoms with van der Waals surface area (Å²) < 4.78 is 9.55. The third-order valence-electron chi connectivity index (χ3n) is 17.0. The van der Waals surface area contributed by atoms with Gasteiger partial charge in [0.05, 0.1) is 16.7 Å². The summed E-state index contributed by atoms with van der Waals surface area (Å²) in [5.41, 5.74) is 26.1. The summed E-state index contributed by atoms with van der Waals surface area (Å²) in [6, 6.07) is 43.0. The molecule has 2 aliphatic carbocycles. The molecule has 66 heavy (non-hydrogen) atoms. The third kappa shape index (κ3) is 5.06. The standard InChI is InChI=1S/C62H61BN2O/c1-34-28-43-44(61(10,11)27-26-60(43,8)9)33-49(34)65-48-24-25-51-54(38-19-15-17-21-50(38)66-51)53(48)41-32-45-52(37-18-14-16-20-42(37)62(45,12)13)57-55(41)63(65)46-31-36(59(5,6)7)30-40-39-29-35(58(2,3)4)22-23-47(39)64(57)56(40)46/h14-25,28-33H,26-27H2,1-13H3. The maximum Gasteiger partial charge on any atom is 0.333 e. The van der Waals surface area contributed by atoms with Gasteiger partial charge in [-0.1, -0.05) is 144 Å². The van der Waals surface area contributed by atoms with Crippen molar-refractivity contribution in [3.8, 4) is 27.9 Å². The van der Waals surface area contributed by atoms with Crippen molar-refractivity contribution in [3.05, 3.63) is 148 Å². The summed E-state index contributed by atoms with van der Waals surface area (Å²) in [6.45, 7) is 31.2. The van der Waals surface area contributed by atoms with E-state index >= 15 is 0 Å². The Kier molecular flexibility index (Phi) is 7.63. The molecule has 7 aromatic carbocycles. The predicted octanol–water partition coefficient (Wildman–Crippen LogP) is 15.5. The lowest BCUT2D eigenvalue weighted by Crippen LogP contribution is -2.61. The highest BCUT2D eigenvalue weighted by Crippen LogP contribution is 2.58. The molecule has 4 aliphatic rings. The number of aromatic nitrogens is 1. The minimum atomic E-state index is -0.220. The molecule has 0 radical (unpaired) electrons. The van der Waals surface area contributed by atoms with Gasteiger partial charge in [0.15, 0.2) is 0 Å². The highest BCUT2D eigenvalue weighted by Gasteiger charge is 2.50. The van der Waals surface area contributed by atoms with E-state index in [2.05, 4.69) is 209 Å². The van der Waals surface area contributed by atoms with E-state index in [9.17, 15) is 0 Å². The zero-order valence-electron chi connectivity index (χ0n) is 41.2. The van der Waals surface area contributed by atoms with Crippen LogP contribution in [-0.4, -0.2) is 11.4 Å². The second-order valence-electron chi connectivity index (χ2n) is 24.5. The molecule has 0 saturated heterocycles. The molecule has 4 heterocycles. The molecule has 0 atom stereocenters. The average Bonchev–Trinajstić information content (AvgIpc) is 3.89. The Balaban J connectivity index is 1.29. The van der Waals surface area contributed by atoms with E-state index in [1.807, 2.05) is 0 Å². The first-order valence-corrected chi connectivity index (χ1v) is 24.5. The predicted molar refractivity (Wildman–Crippen MR) is 282 cm³/mol. The van der Waals surface area contributed by atoms with Gasteiger partial charge >= 0.3 is 6.85 Å². The van der Waals surface area contributed by atoms with Gasteiger partial charge in [-0.05, 0) is 151 Å². The Morgan fingerprint density at radius 2 is 1.24 bits per heavy atom. The first-order valence-electron chi connectivity index (χ1n) is 24.5. The number of hydrogen-bond acceptors (Lipinski definition) is 2. The highest BCUT2D eigenvalue weighted by molar-refractivity contribution is 6.94. The lowest BCUT2D eigenvalue weighted by molar-refractivity contribution is 0.332. The summed E-state index contributed by atoms with van der Waals surface area (Å²) in [5, 5.41) is 5.05. The smallest absolute Gasteiger partial charge is 0.333 e. The summed E-state index contributed by atoms with van der Waals surface area (Å²) in [7, 11) is 0. The van der Waals surface area contributed by atoms with E-state index in [1.165, 1.54) is 128 Å². The fourth-order valence-electron chi connectivity index (χ4n) is 13.2. The summed E-state index contributed by atoms with van der Waals surface area (Å²) in [6.07, 6.45) is 2.35. The van der Waals surface area contributed by atoms with E-state index in [0.29, 0.717) is 0 Å². The van der Waals surface area contributed by atoms with Crippen LogP contribution in [0.1, 0.15) is 135 Å². The quantitative estimate of drug-likeness (QED) is 0.153. The zero-order valence-corrected chi connectivity index (χ0v) is 41.2. The summed E-state index contributed by atoms with van der Waals surface area (Å²) in [4.78, 5) is 2.80. The topological polar surface area (TPSA) is 21.3 Å². The van der Waals surface area contributed by atoms with Crippen molar-refractivity contribution in [1.29, 1.82) is 0 Å². The number of furan rings is 1. The van der Waals surface area contributed by atoms with Gasteiger partial charge < -0.3 is 13.8 Å². The lowest BCUT2D eigenvalue weighted by atomic mass is 9.43. The Morgan fingerprint density at radius 1 is 0.561 bits per heavy atom. The van der Waals surface area contributed by atoms with Crippen LogP contribution in [0, 0.1) is 6.92 Å². The number of nitrogens with zero attached hydrogens (tertiary/aromatic N) is 2. The van der Waals surface area contributed by atoms with Crippen molar-refractivity contribution >= 4 is 72.9 Å². The van der Waals surface area contributed by atoms with Crippen molar-refractivity contribution in [1.82, 2.24) is 4.57 Å². The fraction of sp³-hybridized carbons (Fsp3) is 0.323. The molecule has 9 aromatic rings. The molecule has 0 unspecified atom stereocenters. The minimum Gasteiger partial charge on any atom is -0.456 e. The largest absolute Gasteiger partial charge is 0.456 e. The van der Waals surface area contributed by atoms with Crippen LogP contribution in [0.4, 0.5) is 11.4 Å². The van der Waals surface area contributed by atoms with Crippen LogP contribution in [0.2, 0.25) is 0 Å². The summed E-state index contributed by atoms with van der Waals surface area (Å²) >= 11 is 0. The van der Waals surface area contributed by atoms with Crippen LogP contribution >= 0.6 is 0 Å². The highest BCUT2D eigenvalue weighted by atomic mass is 16.3. The SMILES string of the molecule is Cc1cc2c(cc1N1B3c4c(cc5c(c4-n4c6ccc(C(C)(C)C)cc6c6cc(C(C)(C)C)cc3c64)-c3ccccc3C5(C)C)-c3c1ccc1oc4ccccc4c31)C(C)(C)CCC2(C)C. The molecule has 2 aromatic heterocycles. The fourth-order valence-corrected chi connectivity index (χ4v) is 13.2. The number of rotatable bonds is 1. The minimum absolute atomic E-state index is 0.00248. The van der Waals surface area contributed by atoms with Gasteiger partial charge in [0.2, 0.25) is 0 Å². The van der Waals surface area contributed by atoms with E-state index in [0.717, 1.165) is 17.6 Å². The maximum atomic E-state index is 6.82. The molecule has 0 saturated carbocycles. The number of benzene rings is 7. The Bertz CT molecular complexity index is 3670. The van der Waals surface area contributed by atoms with E-state index in [-0.39, 0.29) is 33.9 Å². The molecule has 0 amide bonds. The molecule has 0 fully saturated rings. The number of hydrogen-bond donors (Lipinski definition) is 0. The molecule has 2 aliphatic heterocycles. The van der Waals surface area contributed by atoms with Crippen LogP contribution < -0.4 is 15.7 Å². The van der Waals surface area contributed by atoms with Gasteiger partial charge in [0.1, 0.15) is 11.2 Å². The van der Waals surface area contributed by atoms with Crippen LogP contribution in [0.15, 0.2) is 114 Å². The van der Waals surface area contributed by atoms with Crippen molar-refractivity contribution in [3.63, 3.8) is 0 Å². The Labute approximate surface area is 390 Å². The van der Waals surface area contributed by atoms with Gasteiger partial charge in [-0.25, -0.2) is 0 Å². The van der Waals surface area contributed by atoms with E-state index in [4.69, 9.17) is 4.42 Å². The Hall–Kier alpha value is -6.00. The number of aryl methyl sites for hydroxylation is 1. The molecule has 3 nitrogen and oxygen atoms in total. The number of fused-ring (bicyclic) bond motifs is 16. The molecule has 328 valence electrons. The van der Waals surface area contributed by atoms with Gasteiger partial charge in [0, 0.05) is 49.5 Å². The van der Waals surface area contributed by atoms with Crippen LogP contribution in [0.5, 0.6) is 0 Å². The average molecular weight is 861 g/mol. The zero-order chi connectivity index (χ0) is 45.9. The van der Waals surface area contributed by atoms with Gasteiger partial charge in [-0.3, -0.25) is 0 Å². The molecular weight excluding hydrogens is 800 g/mol. The van der Waals surface area contributed by atoms with Gasteiger partial charge in [0.25, 0.3) is 0 Å². The second kappa shape index (κ2) is 12.5. The van der Waals surface area contributed by atoms with E-state index < -0.39 is 0 Å².